The van der Waals surface area contributed by atoms with Crippen LogP contribution in [0, 0.1) is 6.92 Å². The molecule has 16 heavy (non-hydrogen) atoms. The van der Waals surface area contributed by atoms with Gasteiger partial charge in [0.05, 0.1) is 12.6 Å². The molecule has 4 heteroatoms. The van der Waals surface area contributed by atoms with Crippen LogP contribution in [0.3, 0.4) is 0 Å². The van der Waals surface area contributed by atoms with E-state index in [1.807, 2.05) is 0 Å². The monoisotopic (exact) mass is 240 g/mol. The van der Waals surface area contributed by atoms with Crippen molar-refractivity contribution >= 4 is 11.3 Å². The average molecular weight is 240 g/mol. The zero-order valence-corrected chi connectivity index (χ0v) is 10.8. The van der Waals surface area contributed by atoms with Gasteiger partial charge < -0.3 is 5.73 Å². The molecule has 0 spiro atoms. The Hall–Kier alpha value is -0.420. The summed E-state index contributed by atoms with van der Waals surface area (Å²) in [6.45, 7) is 6.11. The van der Waals surface area contributed by atoms with Crippen molar-refractivity contribution in [2.45, 2.75) is 38.8 Å². The molecule has 0 aliphatic carbocycles. The molecular formula is C12H20N2OS. The minimum absolute atomic E-state index is 0.149. The maximum atomic E-state index is 6.24. The normalized spacial score (nSPS) is 21.2. The van der Waals surface area contributed by atoms with Gasteiger partial charge in [-0.1, -0.05) is 6.92 Å². The number of thiophene rings is 1. The van der Waals surface area contributed by atoms with Crippen LogP contribution in [0.25, 0.3) is 0 Å². The third kappa shape index (κ3) is 2.30. The summed E-state index contributed by atoms with van der Waals surface area (Å²) < 4.78 is 0. The van der Waals surface area contributed by atoms with Crippen LogP contribution in [0.15, 0.2) is 11.4 Å². The molecule has 1 aliphatic heterocycles. The predicted octanol–water partition coefficient (Wildman–Crippen LogP) is 2.47. The molecule has 0 amide bonds. The Balaban J connectivity index is 2.23. The van der Waals surface area contributed by atoms with Crippen molar-refractivity contribution in [2.75, 3.05) is 13.2 Å². The molecule has 2 atom stereocenters. The Morgan fingerprint density at radius 3 is 2.94 bits per heavy atom. The Labute approximate surface area is 101 Å². The SMILES string of the molecule is CCC(N)C(c1sccc1C)N1CCCO1. The summed E-state index contributed by atoms with van der Waals surface area (Å²) in [7, 11) is 0. The van der Waals surface area contributed by atoms with E-state index in [9.17, 15) is 0 Å². The van der Waals surface area contributed by atoms with E-state index in [1.54, 1.807) is 11.3 Å². The summed E-state index contributed by atoms with van der Waals surface area (Å²) in [5.74, 6) is 0. The zero-order chi connectivity index (χ0) is 11.5. The molecule has 2 rings (SSSR count). The van der Waals surface area contributed by atoms with E-state index >= 15 is 0 Å². The van der Waals surface area contributed by atoms with E-state index in [-0.39, 0.29) is 12.1 Å². The number of aryl methyl sites for hydroxylation is 1. The smallest absolute Gasteiger partial charge is 0.0848 e. The second-order valence-electron chi connectivity index (χ2n) is 4.31. The molecule has 1 saturated heterocycles. The third-order valence-electron chi connectivity index (χ3n) is 3.14. The molecule has 1 aliphatic rings. The molecule has 1 aromatic heterocycles. The maximum Gasteiger partial charge on any atom is 0.0848 e. The molecule has 2 heterocycles. The first kappa shape index (κ1) is 12.0. The van der Waals surface area contributed by atoms with Crippen LogP contribution in [-0.2, 0) is 4.84 Å². The summed E-state index contributed by atoms with van der Waals surface area (Å²) >= 11 is 1.79. The van der Waals surface area contributed by atoms with Gasteiger partial charge in [0.25, 0.3) is 0 Å². The molecule has 2 unspecified atom stereocenters. The van der Waals surface area contributed by atoms with Crippen LogP contribution in [0.2, 0.25) is 0 Å². The van der Waals surface area contributed by atoms with E-state index in [0.29, 0.717) is 0 Å². The number of hydrogen-bond donors (Lipinski definition) is 1. The number of hydroxylamine groups is 2. The first-order valence-electron chi connectivity index (χ1n) is 5.93. The quantitative estimate of drug-likeness (QED) is 0.878. The van der Waals surface area contributed by atoms with E-state index in [2.05, 4.69) is 30.4 Å². The Morgan fingerprint density at radius 1 is 1.62 bits per heavy atom. The van der Waals surface area contributed by atoms with Gasteiger partial charge in [-0.3, -0.25) is 4.84 Å². The van der Waals surface area contributed by atoms with Gasteiger partial charge in [0.1, 0.15) is 0 Å². The largest absolute Gasteiger partial charge is 0.326 e. The summed E-state index contributed by atoms with van der Waals surface area (Å²) in [5, 5.41) is 4.21. The highest BCUT2D eigenvalue weighted by Crippen LogP contribution is 2.33. The van der Waals surface area contributed by atoms with Crippen molar-refractivity contribution in [3.8, 4) is 0 Å². The van der Waals surface area contributed by atoms with Crippen molar-refractivity contribution in [3.05, 3.63) is 21.9 Å². The molecule has 90 valence electrons. The van der Waals surface area contributed by atoms with Crippen LogP contribution >= 0.6 is 11.3 Å². The highest BCUT2D eigenvalue weighted by Gasteiger charge is 2.30. The molecule has 0 bridgehead atoms. The fourth-order valence-corrected chi connectivity index (χ4v) is 3.24. The fourth-order valence-electron chi connectivity index (χ4n) is 2.14. The summed E-state index contributed by atoms with van der Waals surface area (Å²) in [6, 6.07) is 2.54. The summed E-state index contributed by atoms with van der Waals surface area (Å²) in [6.07, 6.45) is 2.08. The van der Waals surface area contributed by atoms with Crippen molar-refractivity contribution in [1.29, 1.82) is 0 Å². The topological polar surface area (TPSA) is 38.5 Å². The van der Waals surface area contributed by atoms with Crippen LogP contribution in [-0.4, -0.2) is 24.3 Å². The Morgan fingerprint density at radius 2 is 2.44 bits per heavy atom. The average Bonchev–Trinajstić information content (AvgIpc) is 2.92. The molecule has 0 radical (unpaired) electrons. The van der Waals surface area contributed by atoms with Crippen LogP contribution in [0.4, 0.5) is 0 Å². The van der Waals surface area contributed by atoms with Gasteiger partial charge in [-0.2, -0.15) is 5.06 Å². The number of nitrogens with zero attached hydrogens (tertiary/aromatic N) is 1. The maximum absolute atomic E-state index is 6.24. The van der Waals surface area contributed by atoms with Crippen LogP contribution in [0.5, 0.6) is 0 Å². The van der Waals surface area contributed by atoms with E-state index in [0.717, 1.165) is 26.0 Å². The lowest BCUT2D eigenvalue weighted by atomic mass is 10.0. The standard InChI is InChI=1S/C12H20N2OS/c1-3-10(13)11(14-6-4-7-15-14)12-9(2)5-8-16-12/h5,8,10-11H,3-4,6-7,13H2,1-2H3. The number of hydrogen-bond acceptors (Lipinski definition) is 4. The molecule has 0 saturated carbocycles. The first-order valence-corrected chi connectivity index (χ1v) is 6.81. The summed E-state index contributed by atoms with van der Waals surface area (Å²) in [5.41, 5.74) is 7.57. The molecule has 2 N–H and O–H groups in total. The van der Waals surface area contributed by atoms with Gasteiger partial charge in [-0.05, 0) is 36.8 Å². The Bertz CT molecular complexity index is 334. The first-order chi connectivity index (χ1) is 7.74. The minimum atomic E-state index is 0.149. The molecule has 3 nitrogen and oxygen atoms in total. The highest BCUT2D eigenvalue weighted by molar-refractivity contribution is 7.10. The predicted molar refractivity (Wildman–Crippen MR) is 67.3 cm³/mol. The van der Waals surface area contributed by atoms with Gasteiger partial charge in [-0.15, -0.1) is 11.3 Å². The molecular weight excluding hydrogens is 220 g/mol. The van der Waals surface area contributed by atoms with E-state index in [1.165, 1.54) is 10.4 Å². The second kappa shape index (κ2) is 5.27. The molecule has 1 aromatic rings. The van der Waals surface area contributed by atoms with E-state index < -0.39 is 0 Å². The van der Waals surface area contributed by atoms with Gasteiger partial charge >= 0.3 is 0 Å². The van der Waals surface area contributed by atoms with Crippen molar-refractivity contribution in [3.63, 3.8) is 0 Å². The molecule has 1 fully saturated rings. The van der Waals surface area contributed by atoms with Crippen molar-refractivity contribution in [2.24, 2.45) is 5.73 Å². The van der Waals surface area contributed by atoms with Crippen molar-refractivity contribution in [1.82, 2.24) is 5.06 Å². The minimum Gasteiger partial charge on any atom is -0.326 e. The van der Waals surface area contributed by atoms with Crippen LogP contribution < -0.4 is 5.73 Å². The third-order valence-corrected chi connectivity index (χ3v) is 4.23. The Kier molecular flexibility index (Phi) is 3.97. The zero-order valence-electron chi connectivity index (χ0n) is 9.98. The van der Waals surface area contributed by atoms with Gasteiger partial charge in [0, 0.05) is 17.5 Å². The second-order valence-corrected chi connectivity index (χ2v) is 5.26. The fraction of sp³-hybridized carbons (Fsp3) is 0.667. The lowest BCUT2D eigenvalue weighted by Gasteiger charge is -2.30. The number of rotatable bonds is 4. The van der Waals surface area contributed by atoms with Crippen LogP contribution in [0.1, 0.15) is 36.2 Å². The number of nitrogens with two attached hydrogens (primary N) is 1. The van der Waals surface area contributed by atoms with Gasteiger partial charge in [0.2, 0.25) is 0 Å². The van der Waals surface area contributed by atoms with Gasteiger partial charge in [0.15, 0.2) is 0 Å². The lowest BCUT2D eigenvalue weighted by molar-refractivity contribution is -0.147. The highest BCUT2D eigenvalue weighted by atomic mass is 32.1. The summed E-state index contributed by atoms with van der Waals surface area (Å²) in [4.78, 5) is 7.03. The van der Waals surface area contributed by atoms with E-state index in [4.69, 9.17) is 10.6 Å². The lowest BCUT2D eigenvalue weighted by Crippen LogP contribution is -2.38. The molecule has 0 aromatic carbocycles. The van der Waals surface area contributed by atoms with Crippen molar-refractivity contribution < 1.29 is 4.84 Å². The van der Waals surface area contributed by atoms with Gasteiger partial charge in [-0.25, -0.2) is 0 Å².